The Morgan fingerprint density at radius 1 is 1.35 bits per heavy atom. The van der Waals surface area contributed by atoms with E-state index in [4.69, 9.17) is 10.5 Å². The molecule has 0 radical (unpaired) electrons. The van der Waals surface area contributed by atoms with Gasteiger partial charge in [-0.25, -0.2) is 0 Å². The van der Waals surface area contributed by atoms with E-state index in [0.717, 1.165) is 30.6 Å². The maximum absolute atomic E-state index is 11.3. The molecule has 17 heavy (non-hydrogen) atoms. The second-order valence-corrected chi connectivity index (χ2v) is 3.94. The fourth-order valence-corrected chi connectivity index (χ4v) is 1.33. The first kappa shape index (κ1) is 13.5. The van der Waals surface area contributed by atoms with Gasteiger partial charge in [0.2, 0.25) is 5.91 Å². The molecule has 4 nitrogen and oxygen atoms in total. The maximum atomic E-state index is 11.3. The Hall–Kier alpha value is -1.55. The standard InChI is InChI=1S/C13H20N2O2/c1-2-3-8-15-13(16)10-17-9-11-4-6-12(14)7-5-11/h4-7H,2-3,8-10,14H2,1H3,(H,15,16). The van der Waals surface area contributed by atoms with Crippen LogP contribution in [-0.2, 0) is 16.1 Å². The van der Waals surface area contributed by atoms with Crippen molar-refractivity contribution in [3.8, 4) is 0 Å². The smallest absolute Gasteiger partial charge is 0.246 e. The van der Waals surface area contributed by atoms with Gasteiger partial charge >= 0.3 is 0 Å². The maximum Gasteiger partial charge on any atom is 0.246 e. The zero-order valence-electron chi connectivity index (χ0n) is 10.2. The van der Waals surface area contributed by atoms with E-state index < -0.39 is 0 Å². The van der Waals surface area contributed by atoms with Crippen LogP contribution in [0.25, 0.3) is 0 Å². The Morgan fingerprint density at radius 3 is 2.71 bits per heavy atom. The number of nitrogen functional groups attached to an aromatic ring is 1. The molecule has 0 aliphatic carbocycles. The highest BCUT2D eigenvalue weighted by Crippen LogP contribution is 2.06. The van der Waals surface area contributed by atoms with E-state index in [-0.39, 0.29) is 12.5 Å². The highest BCUT2D eigenvalue weighted by molar-refractivity contribution is 5.77. The molecule has 1 aromatic carbocycles. The number of amides is 1. The summed E-state index contributed by atoms with van der Waals surface area (Å²) >= 11 is 0. The molecule has 1 aromatic rings. The van der Waals surface area contributed by atoms with Crippen LogP contribution in [0.15, 0.2) is 24.3 Å². The van der Waals surface area contributed by atoms with Gasteiger partial charge in [0.15, 0.2) is 0 Å². The van der Waals surface area contributed by atoms with Gasteiger partial charge in [-0.1, -0.05) is 25.5 Å². The number of benzene rings is 1. The minimum Gasteiger partial charge on any atom is -0.399 e. The number of anilines is 1. The molecule has 3 N–H and O–H groups in total. The van der Waals surface area contributed by atoms with Gasteiger partial charge in [-0.15, -0.1) is 0 Å². The van der Waals surface area contributed by atoms with Crippen LogP contribution in [-0.4, -0.2) is 19.1 Å². The summed E-state index contributed by atoms with van der Waals surface area (Å²) in [7, 11) is 0. The van der Waals surface area contributed by atoms with E-state index in [2.05, 4.69) is 12.2 Å². The van der Waals surface area contributed by atoms with Gasteiger partial charge in [-0.3, -0.25) is 4.79 Å². The van der Waals surface area contributed by atoms with E-state index in [9.17, 15) is 4.79 Å². The van der Waals surface area contributed by atoms with Crippen molar-refractivity contribution in [1.29, 1.82) is 0 Å². The highest BCUT2D eigenvalue weighted by Gasteiger charge is 2.00. The van der Waals surface area contributed by atoms with Gasteiger partial charge in [0.05, 0.1) is 6.61 Å². The number of carbonyl (C=O) groups is 1. The second-order valence-electron chi connectivity index (χ2n) is 3.94. The Bertz CT molecular complexity index is 336. The molecule has 0 fully saturated rings. The summed E-state index contributed by atoms with van der Waals surface area (Å²) in [6.45, 7) is 3.35. The lowest BCUT2D eigenvalue weighted by molar-refractivity contribution is -0.126. The normalized spacial score (nSPS) is 10.2. The molecular formula is C13H20N2O2. The third-order valence-electron chi connectivity index (χ3n) is 2.33. The van der Waals surface area contributed by atoms with Gasteiger partial charge in [0, 0.05) is 12.2 Å². The predicted molar refractivity (Wildman–Crippen MR) is 68.4 cm³/mol. The van der Waals surface area contributed by atoms with Crippen molar-refractivity contribution in [3.05, 3.63) is 29.8 Å². The number of carbonyl (C=O) groups excluding carboxylic acids is 1. The first-order valence-corrected chi connectivity index (χ1v) is 5.91. The van der Waals surface area contributed by atoms with Crippen molar-refractivity contribution in [2.75, 3.05) is 18.9 Å². The van der Waals surface area contributed by atoms with Crippen molar-refractivity contribution >= 4 is 11.6 Å². The summed E-state index contributed by atoms with van der Waals surface area (Å²) in [6.07, 6.45) is 2.08. The number of nitrogens with two attached hydrogens (primary N) is 1. The van der Waals surface area contributed by atoms with E-state index in [1.165, 1.54) is 0 Å². The number of nitrogens with one attached hydrogen (secondary N) is 1. The average Bonchev–Trinajstić information content (AvgIpc) is 2.32. The predicted octanol–water partition coefficient (Wildman–Crippen LogP) is 1.70. The summed E-state index contributed by atoms with van der Waals surface area (Å²) in [4.78, 5) is 11.3. The largest absolute Gasteiger partial charge is 0.399 e. The monoisotopic (exact) mass is 236 g/mol. The molecule has 0 heterocycles. The van der Waals surface area contributed by atoms with Crippen molar-refractivity contribution in [3.63, 3.8) is 0 Å². The number of hydrogen-bond donors (Lipinski definition) is 2. The quantitative estimate of drug-likeness (QED) is 0.559. The number of ether oxygens (including phenoxy) is 1. The minimum absolute atomic E-state index is 0.0612. The van der Waals surface area contributed by atoms with Crippen LogP contribution in [0.4, 0.5) is 5.69 Å². The van der Waals surface area contributed by atoms with E-state index in [1.54, 1.807) is 0 Å². The molecule has 0 bridgehead atoms. The zero-order chi connectivity index (χ0) is 12.5. The molecule has 0 aromatic heterocycles. The SMILES string of the molecule is CCCCNC(=O)COCc1ccc(N)cc1. The molecule has 0 spiro atoms. The average molecular weight is 236 g/mol. The summed E-state index contributed by atoms with van der Waals surface area (Å²) in [5.41, 5.74) is 7.31. The van der Waals surface area contributed by atoms with E-state index >= 15 is 0 Å². The number of rotatable bonds is 7. The fraction of sp³-hybridized carbons (Fsp3) is 0.462. The van der Waals surface area contributed by atoms with Crippen LogP contribution < -0.4 is 11.1 Å². The van der Waals surface area contributed by atoms with E-state index in [1.807, 2.05) is 24.3 Å². The van der Waals surface area contributed by atoms with Gasteiger partial charge < -0.3 is 15.8 Å². The number of hydrogen-bond acceptors (Lipinski definition) is 3. The van der Waals surface area contributed by atoms with Gasteiger partial charge in [-0.05, 0) is 24.1 Å². The molecule has 0 aliphatic heterocycles. The topological polar surface area (TPSA) is 64.3 Å². The Balaban J connectivity index is 2.14. The molecule has 0 atom stereocenters. The fourth-order valence-electron chi connectivity index (χ4n) is 1.33. The second kappa shape index (κ2) is 7.68. The third kappa shape index (κ3) is 5.92. The highest BCUT2D eigenvalue weighted by atomic mass is 16.5. The zero-order valence-corrected chi connectivity index (χ0v) is 10.2. The van der Waals surface area contributed by atoms with Crippen molar-refractivity contribution in [2.45, 2.75) is 26.4 Å². The lowest BCUT2D eigenvalue weighted by Gasteiger charge is -2.06. The van der Waals surface area contributed by atoms with Gasteiger partial charge in [-0.2, -0.15) is 0 Å². The summed E-state index contributed by atoms with van der Waals surface area (Å²) in [5, 5.41) is 2.80. The van der Waals surface area contributed by atoms with Crippen molar-refractivity contribution < 1.29 is 9.53 Å². The van der Waals surface area contributed by atoms with Crippen LogP contribution in [0.3, 0.4) is 0 Å². The van der Waals surface area contributed by atoms with Crippen LogP contribution >= 0.6 is 0 Å². The summed E-state index contributed by atoms with van der Waals surface area (Å²) < 4.78 is 5.30. The van der Waals surface area contributed by atoms with Gasteiger partial charge in [0.25, 0.3) is 0 Å². The van der Waals surface area contributed by atoms with Crippen LogP contribution in [0.5, 0.6) is 0 Å². The minimum atomic E-state index is -0.0612. The lowest BCUT2D eigenvalue weighted by Crippen LogP contribution is -2.28. The third-order valence-corrected chi connectivity index (χ3v) is 2.33. The molecule has 1 amide bonds. The van der Waals surface area contributed by atoms with Crippen LogP contribution in [0, 0.1) is 0 Å². The Morgan fingerprint density at radius 2 is 2.06 bits per heavy atom. The van der Waals surface area contributed by atoms with Crippen LogP contribution in [0.1, 0.15) is 25.3 Å². The molecule has 0 unspecified atom stereocenters. The first-order chi connectivity index (χ1) is 8.22. The Labute approximate surface area is 102 Å². The van der Waals surface area contributed by atoms with Crippen molar-refractivity contribution in [1.82, 2.24) is 5.32 Å². The summed E-state index contributed by atoms with van der Waals surface area (Å²) in [6, 6.07) is 7.43. The molecular weight excluding hydrogens is 216 g/mol. The molecule has 0 saturated heterocycles. The Kier molecular flexibility index (Phi) is 6.10. The van der Waals surface area contributed by atoms with Crippen LogP contribution in [0.2, 0.25) is 0 Å². The molecule has 1 rings (SSSR count). The summed E-state index contributed by atoms with van der Waals surface area (Å²) in [5.74, 6) is -0.0612. The molecule has 94 valence electrons. The molecule has 4 heteroatoms. The molecule has 0 saturated carbocycles. The first-order valence-electron chi connectivity index (χ1n) is 5.91. The molecule has 0 aliphatic rings. The van der Waals surface area contributed by atoms with Crippen molar-refractivity contribution in [2.24, 2.45) is 0 Å². The van der Waals surface area contributed by atoms with E-state index in [0.29, 0.717) is 6.61 Å². The lowest BCUT2D eigenvalue weighted by atomic mass is 10.2. The van der Waals surface area contributed by atoms with Gasteiger partial charge in [0.1, 0.15) is 6.61 Å². The number of unbranched alkanes of at least 4 members (excludes halogenated alkanes) is 1.